The van der Waals surface area contributed by atoms with Crippen LogP contribution in [0.2, 0.25) is 0 Å². The maximum Gasteiger partial charge on any atom is 0.332 e. The third-order valence-corrected chi connectivity index (χ3v) is 1.43. The molecular formula is C14H22O6. The molecule has 1 N–H and O–H groups in total. The van der Waals surface area contributed by atoms with Gasteiger partial charge in [-0.05, 0) is 20.8 Å². The first-order chi connectivity index (χ1) is 9.00. The van der Waals surface area contributed by atoms with Gasteiger partial charge in [0, 0.05) is 16.7 Å². The van der Waals surface area contributed by atoms with E-state index in [1.807, 2.05) is 0 Å². The van der Waals surface area contributed by atoms with Gasteiger partial charge in [0.1, 0.15) is 0 Å². The molecule has 0 saturated carbocycles. The average Bonchev–Trinajstić information content (AvgIpc) is 2.37. The SMILES string of the molecule is C=C(C)C(=O)O.C=C(C)C(=O)OC.C=C(C)C(=O)OC. The highest BCUT2D eigenvalue weighted by molar-refractivity contribution is 5.87. The van der Waals surface area contributed by atoms with Gasteiger partial charge in [0.25, 0.3) is 0 Å². The van der Waals surface area contributed by atoms with Crippen LogP contribution in [0.25, 0.3) is 0 Å². The van der Waals surface area contributed by atoms with Gasteiger partial charge in [0.05, 0.1) is 14.2 Å². The minimum absolute atomic E-state index is 0.176. The summed E-state index contributed by atoms with van der Waals surface area (Å²) < 4.78 is 8.55. The molecule has 20 heavy (non-hydrogen) atoms. The van der Waals surface area contributed by atoms with Gasteiger partial charge in [-0.2, -0.15) is 0 Å². The highest BCUT2D eigenvalue weighted by atomic mass is 16.5. The molecule has 0 aliphatic rings. The predicted molar refractivity (Wildman–Crippen MR) is 76.1 cm³/mol. The maximum atomic E-state index is 10.2. The number of aliphatic carboxylic acids is 1. The number of hydrogen-bond donors (Lipinski definition) is 1. The van der Waals surface area contributed by atoms with E-state index in [1.165, 1.54) is 21.1 Å². The number of carboxylic acids is 1. The molecule has 0 aliphatic heterocycles. The highest BCUT2D eigenvalue weighted by Crippen LogP contribution is 1.87. The zero-order valence-corrected chi connectivity index (χ0v) is 12.6. The van der Waals surface area contributed by atoms with Crippen LogP contribution in [0, 0.1) is 0 Å². The normalized spacial score (nSPS) is 7.65. The van der Waals surface area contributed by atoms with Crippen molar-refractivity contribution < 1.29 is 29.0 Å². The van der Waals surface area contributed by atoms with Crippen LogP contribution in [0.3, 0.4) is 0 Å². The van der Waals surface area contributed by atoms with Crippen molar-refractivity contribution in [2.24, 2.45) is 0 Å². The Morgan fingerprint density at radius 3 is 0.950 bits per heavy atom. The Morgan fingerprint density at radius 2 is 0.950 bits per heavy atom. The van der Waals surface area contributed by atoms with E-state index in [0.29, 0.717) is 11.1 Å². The molecule has 0 bridgehead atoms. The van der Waals surface area contributed by atoms with E-state index in [0.717, 1.165) is 0 Å². The minimum Gasteiger partial charge on any atom is -0.478 e. The van der Waals surface area contributed by atoms with Crippen LogP contribution in [0.15, 0.2) is 36.5 Å². The lowest BCUT2D eigenvalue weighted by molar-refractivity contribution is -0.136. The molecule has 0 amide bonds. The first-order valence-electron chi connectivity index (χ1n) is 5.37. The number of carbonyl (C=O) groups excluding carboxylic acids is 2. The number of rotatable bonds is 3. The van der Waals surface area contributed by atoms with E-state index in [-0.39, 0.29) is 17.5 Å². The van der Waals surface area contributed by atoms with E-state index in [4.69, 9.17) is 5.11 Å². The zero-order chi connectivity index (χ0) is 16.9. The summed E-state index contributed by atoms with van der Waals surface area (Å²) in [6.45, 7) is 14.5. The molecule has 6 nitrogen and oxygen atoms in total. The number of carboxylic acid groups (broad SMARTS) is 1. The predicted octanol–water partition coefficient (Wildman–Crippen LogP) is 2.12. The van der Waals surface area contributed by atoms with Crippen LogP contribution in [0.1, 0.15) is 20.8 Å². The van der Waals surface area contributed by atoms with Crippen LogP contribution in [0.5, 0.6) is 0 Å². The van der Waals surface area contributed by atoms with Gasteiger partial charge in [-0.3, -0.25) is 0 Å². The number of hydrogen-bond acceptors (Lipinski definition) is 5. The second-order valence-corrected chi connectivity index (χ2v) is 3.63. The lowest BCUT2D eigenvalue weighted by atomic mass is 10.4. The minimum atomic E-state index is -0.935. The van der Waals surface area contributed by atoms with Crippen LogP contribution < -0.4 is 0 Å². The van der Waals surface area contributed by atoms with E-state index in [9.17, 15) is 14.4 Å². The quantitative estimate of drug-likeness (QED) is 0.631. The molecule has 0 radical (unpaired) electrons. The molecule has 0 aromatic carbocycles. The smallest absolute Gasteiger partial charge is 0.332 e. The molecule has 114 valence electrons. The van der Waals surface area contributed by atoms with Gasteiger partial charge in [-0.1, -0.05) is 19.7 Å². The largest absolute Gasteiger partial charge is 0.478 e. The van der Waals surface area contributed by atoms with E-state index in [1.54, 1.807) is 13.8 Å². The van der Waals surface area contributed by atoms with Gasteiger partial charge < -0.3 is 14.6 Å². The van der Waals surface area contributed by atoms with Crippen molar-refractivity contribution in [3.63, 3.8) is 0 Å². The monoisotopic (exact) mass is 286 g/mol. The Kier molecular flexibility index (Phi) is 14.9. The molecule has 0 heterocycles. The van der Waals surface area contributed by atoms with Crippen molar-refractivity contribution >= 4 is 17.9 Å². The number of ether oxygens (including phenoxy) is 2. The van der Waals surface area contributed by atoms with Gasteiger partial charge in [-0.15, -0.1) is 0 Å². The highest BCUT2D eigenvalue weighted by Gasteiger charge is 1.96. The summed E-state index contributed by atoms with van der Waals surface area (Å²) in [5.74, 6) is -1.63. The van der Waals surface area contributed by atoms with Gasteiger partial charge in [-0.25, -0.2) is 14.4 Å². The van der Waals surface area contributed by atoms with Gasteiger partial charge >= 0.3 is 17.9 Å². The third kappa shape index (κ3) is 18.0. The molecule has 6 heteroatoms. The fraction of sp³-hybridized carbons (Fsp3) is 0.357. The molecule has 0 rings (SSSR count). The molecule has 0 atom stereocenters. The number of esters is 2. The Hall–Kier alpha value is -2.37. The average molecular weight is 286 g/mol. The van der Waals surface area contributed by atoms with Crippen molar-refractivity contribution in [2.75, 3.05) is 14.2 Å². The summed E-state index contributed by atoms with van der Waals surface area (Å²) in [7, 11) is 2.66. The zero-order valence-electron chi connectivity index (χ0n) is 12.6. The molecule has 0 fully saturated rings. The second-order valence-electron chi connectivity index (χ2n) is 3.63. The van der Waals surface area contributed by atoms with Crippen LogP contribution in [0.4, 0.5) is 0 Å². The second kappa shape index (κ2) is 13.1. The summed E-state index contributed by atoms with van der Waals surface area (Å²) in [6, 6.07) is 0. The van der Waals surface area contributed by atoms with Gasteiger partial charge in [0.15, 0.2) is 0 Å². The first kappa shape index (κ1) is 22.8. The molecule has 0 aromatic rings. The van der Waals surface area contributed by atoms with E-state index in [2.05, 4.69) is 29.2 Å². The Bertz CT molecular complexity index is 354. The summed E-state index contributed by atoms with van der Waals surface area (Å²) in [6.07, 6.45) is 0. The van der Waals surface area contributed by atoms with Crippen molar-refractivity contribution in [3.05, 3.63) is 36.5 Å². The van der Waals surface area contributed by atoms with Crippen molar-refractivity contribution in [1.82, 2.24) is 0 Å². The van der Waals surface area contributed by atoms with Crippen molar-refractivity contribution in [2.45, 2.75) is 20.8 Å². The lowest BCUT2D eigenvalue weighted by Crippen LogP contribution is -1.98. The van der Waals surface area contributed by atoms with Crippen LogP contribution in [-0.2, 0) is 23.9 Å². The van der Waals surface area contributed by atoms with Crippen molar-refractivity contribution in [3.8, 4) is 0 Å². The number of carbonyl (C=O) groups is 3. The van der Waals surface area contributed by atoms with E-state index >= 15 is 0 Å². The topological polar surface area (TPSA) is 89.9 Å². The van der Waals surface area contributed by atoms with E-state index < -0.39 is 5.97 Å². The molecule has 0 unspecified atom stereocenters. The Morgan fingerprint density at radius 1 is 0.750 bits per heavy atom. The standard InChI is InChI=1S/2C5H8O2.C4H6O2/c2*1-4(2)5(6)7-3;1-3(2)4(5)6/h2*1H2,2-3H3;1H2,2H3,(H,5,6). The summed E-state index contributed by atoms with van der Waals surface area (Å²) in [5, 5.41) is 7.89. The Labute approximate surface area is 119 Å². The third-order valence-electron chi connectivity index (χ3n) is 1.43. The van der Waals surface area contributed by atoms with Crippen LogP contribution in [-0.4, -0.2) is 37.2 Å². The summed E-state index contributed by atoms with van der Waals surface area (Å²) in [5.41, 5.74) is 1.04. The first-order valence-corrected chi connectivity index (χ1v) is 5.37. The van der Waals surface area contributed by atoms with Crippen molar-refractivity contribution in [1.29, 1.82) is 0 Å². The van der Waals surface area contributed by atoms with Gasteiger partial charge in [0.2, 0.25) is 0 Å². The lowest BCUT2D eigenvalue weighted by Gasteiger charge is -1.91. The fourth-order valence-corrected chi connectivity index (χ4v) is 0.348. The maximum absolute atomic E-state index is 10.2. The van der Waals surface area contributed by atoms with Crippen LogP contribution >= 0.6 is 0 Å². The number of methoxy groups -OCH3 is 2. The molecule has 0 saturated heterocycles. The molecule has 0 spiro atoms. The Balaban J connectivity index is -0.000000218. The summed E-state index contributed by atoms with van der Waals surface area (Å²) in [4.78, 5) is 30.0. The summed E-state index contributed by atoms with van der Waals surface area (Å²) >= 11 is 0. The molecular weight excluding hydrogens is 264 g/mol. The fourth-order valence-electron chi connectivity index (χ4n) is 0.348. The molecule has 0 aliphatic carbocycles. The molecule has 0 aromatic heterocycles.